The number of amides is 1. The zero-order chi connectivity index (χ0) is 18.1. The number of hydrogen-bond acceptors (Lipinski definition) is 7. The summed E-state index contributed by atoms with van der Waals surface area (Å²) >= 11 is 6.15. The van der Waals surface area contributed by atoms with Crippen molar-refractivity contribution in [3.63, 3.8) is 0 Å². The summed E-state index contributed by atoms with van der Waals surface area (Å²) < 4.78 is 7.46. The number of carbonyl (C=O) groups is 1. The molecule has 0 bridgehead atoms. The smallest absolute Gasteiger partial charge is 0.267 e. The zero-order valence-corrected chi connectivity index (χ0v) is 15.4. The fourth-order valence-corrected chi connectivity index (χ4v) is 3.96. The fourth-order valence-electron chi connectivity index (χ4n) is 2.94. The van der Waals surface area contributed by atoms with Crippen molar-refractivity contribution in [2.45, 2.75) is 18.9 Å². The van der Waals surface area contributed by atoms with E-state index in [1.165, 1.54) is 4.40 Å². The number of thioether (sulfide) groups is 1. The van der Waals surface area contributed by atoms with Gasteiger partial charge in [-0.3, -0.25) is 14.0 Å². The maximum Gasteiger partial charge on any atom is 0.267 e. The molecule has 2 N–H and O–H groups in total. The molecule has 134 valence electrons. The Balaban J connectivity index is 1.77. The van der Waals surface area contributed by atoms with Gasteiger partial charge in [0.2, 0.25) is 0 Å². The number of nitrogens with zero attached hydrogens (tertiary/aromatic N) is 2. The Labute approximate surface area is 158 Å². The van der Waals surface area contributed by atoms with E-state index in [-0.39, 0.29) is 17.6 Å². The van der Waals surface area contributed by atoms with Crippen LogP contribution in [-0.4, -0.2) is 38.9 Å². The number of ether oxygens (including phenoxy) is 1. The van der Waals surface area contributed by atoms with Gasteiger partial charge in [-0.1, -0.05) is 30.0 Å². The molecular formula is C17H16N4O3S2. The largest absolute Gasteiger partial charge is 0.376 e. The highest BCUT2D eigenvalue weighted by atomic mass is 32.2. The van der Waals surface area contributed by atoms with Gasteiger partial charge in [0.05, 0.1) is 16.6 Å². The summed E-state index contributed by atoms with van der Waals surface area (Å²) in [6.07, 6.45) is 5.31. The summed E-state index contributed by atoms with van der Waals surface area (Å²) in [6.45, 7) is 1.31. The molecule has 0 radical (unpaired) electrons. The molecule has 7 nitrogen and oxygen atoms in total. The van der Waals surface area contributed by atoms with Crippen LogP contribution in [0.25, 0.3) is 11.7 Å². The maximum atomic E-state index is 13.0. The van der Waals surface area contributed by atoms with Crippen molar-refractivity contribution in [1.29, 1.82) is 0 Å². The highest BCUT2D eigenvalue weighted by Crippen LogP contribution is 2.27. The topological polar surface area (TPSA) is 84.7 Å². The van der Waals surface area contributed by atoms with E-state index in [0.29, 0.717) is 32.8 Å². The number of rotatable bonds is 4. The molecular weight excluding hydrogens is 372 g/mol. The number of hydrogen-bond donors (Lipinski definition) is 2. The number of aromatic nitrogens is 2. The van der Waals surface area contributed by atoms with Crippen molar-refractivity contribution in [1.82, 2.24) is 14.7 Å². The van der Waals surface area contributed by atoms with Gasteiger partial charge >= 0.3 is 0 Å². The second-order valence-corrected chi connectivity index (χ2v) is 7.70. The minimum Gasteiger partial charge on any atom is -0.376 e. The Morgan fingerprint density at radius 1 is 1.46 bits per heavy atom. The molecule has 2 aromatic rings. The molecule has 1 amide bonds. The van der Waals surface area contributed by atoms with Gasteiger partial charge in [-0.05, 0) is 31.1 Å². The van der Waals surface area contributed by atoms with Crippen LogP contribution in [0.2, 0.25) is 0 Å². The summed E-state index contributed by atoms with van der Waals surface area (Å²) in [7, 11) is 0. The van der Waals surface area contributed by atoms with E-state index in [2.05, 4.69) is 15.6 Å². The lowest BCUT2D eigenvalue weighted by Crippen LogP contribution is -2.24. The molecule has 2 fully saturated rings. The van der Waals surface area contributed by atoms with E-state index in [1.807, 2.05) is 6.07 Å². The number of carbonyl (C=O) groups excluding carboxylic acids is 1. The average Bonchev–Trinajstić information content (AvgIpc) is 3.25. The van der Waals surface area contributed by atoms with Crippen molar-refractivity contribution in [2.75, 3.05) is 18.5 Å². The highest BCUT2D eigenvalue weighted by Gasteiger charge is 2.24. The van der Waals surface area contributed by atoms with Gasteiger partial charge in [-0.25, -0.2) is 4.98 Å². The van der Waals surface area contributed by atoms with E-state index in [1.54, 1.807) is 24.4 Å². The van der Waals surface area contributed by atoms with Crippen LogP contribution >= 0.6 is 24.0 Å². The third-order valence-corrected chi connectivity index (χ3v) is 5.37. The first-order chi connectivity index (χ1) is 12.6. The first-order valence-corrected chi connectivity index (χ1v) is 9.46. The number of fused-ring (bicyclic) bond motifs is 1. The quantitative estimate of drug-likeness (QED) is 0.610. The second-order valence-electron chi connectivity index (χ2n) is 5.98. The lowest BCUT2D eigenvalue weighted by atomic mass is 10.2. The molecule has 0 aromatic carbocycles. The first-order valence-electron chi connectivity index (χ1n) is 8.23. The van der Waals surface area contributed by atoms with Gasteiger partial charge in [0.1, 0.15) is 15.8 Å². The van der Waals surface area contributed by atoms with Gasteiger partial charge in [0.25, 0.3) is 11.5 Å². The van der Waals surface area contributed by atoms with Crippen LogP contribution in [-0.2, 0) is 9.53 Å². The Bertz CT molecular complexity index is 980. The Morgan fingerprint density at radius 3 is 3.08 bits per heavy atom. The van der Waals surface area contributed by atoms with Gasteiger partial charge in [0, 0.05) is 19.3 Å². The summed E-state index contributed by atoms with van der Waals surface area (Å²) in [5.41, 5.74) is 0.617. The van der Waals surface area contributed by atoms with Crippen LogP contribution in [0.4, 0.5) is 5.82 Å². The predicted octanol–water partition coefficient (Wildman–Crippen LogP) is 1.77. The van der Waals surface area contributed by atoms with Crippen LogP contribution in [0.3, 0.4) is 0 Å². The van der Waals surface area contributed by atoms with Gasteiger partial charge in [-0.2, -0.15) is 0 Å². The fraction of sp³-hybridized carbons (Fsp3) is 0.294. The van der Waals surface area contributed by atoms with E-state index >= 15 is 0 Å². The molecule has 9 heteroatoms. The van der Waals surface area contributed by atoms with Crippen molar-refractivity contribution in [2.24, 2.45) is 0 Å². The maximum absolute atomic E-state index is 13.0. The zero-order valence-electron chi connectivity index (χ0n) is 13.7. The summed E-state index contributed by atoms with van der Waals surface area (Å²) in [5, 5.41) is 5.78. The number of anilines is 1. The first kappa shape index (κ1) is 17.2. The summed E-state index contributed by atoms with van der Waals surface area (Å²) in [5.74, 6) is 0.137. The van der Waals surface area contributed by atoms with Gasteiger partial charge in [-0.15, -0.1) is 0 Å². The van der Waals surface area contributed by atoms with E-state index in [4.69, 9.17) is 17.0 Å². The van der Waals surface area contributed by atoms with Crippen molar-refractivity contribution in [3.8, 4) is 0 Å². The summed E-state index contributed by atoms with van der Waals surface area (Å²) in [4.78, 5) is 29.9. The summed E-state index contributed by atoms with van der Waals surface area (Å²) in [6, 6.07) is 5.35. The second kappa shape index (κ2) is 7.18. The molecule has 1 unspecified atom stereocenters. The van der Waals surface area contributed by atoms with Crippen molar-refractivity contribution in [3.05, 3.63) is 45.2 Å². The van der Waals surface area contributed by atoms with E-state index in [9.17, 15) is 9.59 Å². The minimum absolute atomic E-state index is 0.100. The molecule has 26 heavy (non-hydrogen) atoms. The Morgan fingerprint density at radius 2 is 2.35 bits per heavy atom. The van der Waals surface area contributed by atoms with Crippen LogP contribution in [0.5, 0.6) is 0 Å². The van der Waals surface area contributed by atoms with Crippen molar-refractivity contribution < 1.29 is 9.53 Å². The Kier molecular flexibility index (Phi) is 4.75. The molecule has 2 aliphatic heterocycles. The molecule has 1 atom stereocenters. The normalized spacial score (nSPS) is 21.5. The third-order valence-electron chi connectivity index (χ3n) is 4.21. The standard InChI is InChI=1S/C17H16N4O3S2/c22-15-12(26-17(25)20-15)8-11-14(18-9-10-4-3-7-24-10)19-13-5-1-2-6-21(13)16(11)23/h1-2,5-6,8,10,18H,3-4,7,9H2,(H,20,22,25). The van der Waals surface area contributed by atoms with Crippen molar-refractivity contribution >= 4 is 51.7 Å². The monoisotopic (exact) mass is 388 g/mol. The highest BCUT2D eigenvalue weighted by molar-refractivity contribution is 8.26. The predicted molar refractivity (Wildman–Crippen MR) is 105 cm³/mol. The molecule has 4 rings (SSSR count). The molecule has 2 aromatic heterocycles. The molecule has 2 aliphatic rings. The van der Waals surface area contributed by atoms with Crippen LogP contribution in [0, 0.1) is 0 Å². The SMILES string of the molecule is O=C1NC(=S)SC1=Cc1c(NCC2CCCO2)nc2ccccn2c1=O. The number of thiocarbonyl (C=S) groups is 1. The van der Waals surface area contributed by atoms with Crippen LogP contribution in [0.1, 0.15) is 18.4 Å². The minimum atomic E-state index is -0.303. The lowest BCUT2D eigenvalue weighted by Gasteiger charge is -2.14. The van der Waals surface area contributed by atoms with Crippen LogP contribution in [0.15, 0.2) is 34.1 Å². The number of pyridine rings is 1. The third kappa shape index (κ3) is 3.37. The molecule has 0 spiro atoms. The molecule has 2 saturated heterocycles. The number of nitrogens with one attached hydrogen (secondary N) is 2. The Hall–Kier alpha value is -2.23. The lowest BCUT2D eigenvalue weighted by molar-refractivity contribution is -0.115. The average molecular weight is 388 g/mol. The van der Waals surface area contributed by atoms with Gasteiger partial charge < -0.3 is 15.4 Å². The molecule has 0 aliphatic carbocycles. The van der Waals surface area contributed by atoms with Gasteiger partial charge in [0.15, 0.2) is 0 Å². The van der Waals surface area contributed by atoms with Crippen LogP contribution < -0.4 is 16.2 Å². The van der Waals surface area contributed by atoms with E-state index in [0.717, 1.165) is 31.2 Å². The molecule has 4 heterocycles. The molecule has 0 saturated carbocycles. The van der Waals surface area contributed by atoms with E-state index < -0.39 is 0 Å².